The molecular formula is C14H16BrN3O. The van der Waals surface area contributed by atoms with Crippen molar-refractivity contribution in [1.29, 1.82) is 0 Å². The highest BCUT2D eigenvalue weighted by Crippen LogP contribution is 2.18. The lowest BCUT2D eigenvalue weighted by Gasteiger charge is -2.25. The molecule has 2 aliphatic rings. The average molecular weight is 322 g/mol. The van der Waals surface area contributed by atoms with Crippen LogP contribution in [0.5, 0.6) is 0 Å². The van der Waals surface area contributed by atoms with E-state index < -0.39 is 0 Å². The number of rotatable bonds is 1. The molecule has 2 aliphatic heterocycles. The molecule has 0 saturated carbocycles. The molecular weight excluding hydrogens is 306 g/mol. The number of carbonyl (C=O) groups excluding carboxylic acids is 1. The van der Waals surface area contributed by atoms with Gasteiger partial charge in [0.2, 0.25) is 5.96 Å². The van der Waals surface area contributed by atoms with Crippen LogP contribution in [0.2, 0.25) is 0 Å². The van der Waals surface area contributed by atoms with Gasteiger partial charge in [0.1, 0.15) is 0 Å². The largest absolute Gasteiger partial charge is 0.342 e. The fraction of sp³-hybridized carbons (Fsp3) is 0.429. The third-order valence-electron chi connectivity index (χ3n) is 3.54. The van der Waals surface area contributed by atoms with Crippen LogP contribution >= 0.6 is 15.9 Å². The number of guanidine groups is 1. The summed E-state index contributed by atoms with van der Waals surface area (Å²) < 4.78 is 0.985. The first-order chi connectivity index (χ1) is 9.25. The zero-order valence-corrected chi connectivity index (χ0v) is 12.3. The van der Waals surface area contributed by atoms with Crippen LogP contribution in [0.4, 0.5) is 0 Å². The van der Waals surface area contributed by atoms with Crippen LogP contribution in [0.15, 0.2) is 33.7 Å². The lowest BCUT2D eigenvalue weighted by Crippen LogP contribution is -2.43. The van der Waals surface area contributed by atoms with Crippen LogP contribution in [0.3, 0.4) is 0 Å². The van der Waals surface area contributed by atoms with Crippen LogP contribution in [0, 0.1) is 0 Å². The van der Waals surface area contributed by atoms with E-state index >= 15 is 0 Å². The van der Waals surface area contributed by atoms with E-state index in [2.05, 4.69) is 25.8 Å². The van der Waals surface area contributed by atoms with Crippen molar-refractivity contribution in [3.63, 3.8) is 0 Å². The van der Waals surface area contributed by atoms with E-state index in [1.165, 1.54) is 12.8 Å². The highest BCUT2D eigenvalue weighted by molar-refractivity contribution is 9.10. The Balaban J connectivity index is 1.79. The van der Waals surface area contributed by atoms with Gasteiger partial charge in [0, 0.05) is 29.7 Å². The summed E-state index contributed by atoms with van der Waals surface area (Å²) in [6, 6.07) is 7.50. The molecule has 1 aromatic rings. The van der Waals surface area contributed by atoms with Crippen molar-refractivity contribution in [2.75, 3.05) is 26.2 Å². The minimum absolute atomic E-state index is 0.0515. The van der Waals surface area contributed by atoms with Gasteiger partial charge in [-0.3, -0.25) is 14.7 Å². The van der Waals surface area contributed by atoms with E-state index in [-0.39, 0.29) is 5.91 Å². The molecule has 0 unspecified atom stereocenters. The molecule has 5 heteroatoms. The molecule has 19 heavy (non-hydrogen) atoms. The SMILES string of the molecule is O=C(c1ccc(Br)cc1)N1CCN=C1N1CCCC1. The maximum atomic E-state index is 12.5. The maximum absolute atomic E-state index is 12.5. The zero-order valence-electron chi connectivity index (χ0n) is 10.7. The van der Waals surface area contributed by atoms with E-state index in [0.29, 0.717) is 13.1 Å². The Morgan fingerprint density at radius 2 is 1.79 bits per heavy atom. The Labute approximate surface area is 121 Å². The van der Waals surface area contributed by atoms with Gasteiger partial charge in [-0.25, -0.2) is 0 Å². The van der Waals surface area contributed by atoms with Gasteiger partial charge in [-0.15, -0.1) is 0 Å². The van der Waals surface area contributed by atoms with Gasteiger partial charge in [0.15, 0.2) is 0 Å². The second-order valence-electron chi connectivity index (χ2n) is 4.84. The van der Waals surface area contributed by atoms with E-state index in [9.17, 15) is 4.79 Å². The van der Waals surface area contributed by atoms with Crippen LogP contribution < -0.4 is 0 Å². The highest BCUT2D eigenvalue weighted by atomic mass is 79.9. The van der Waals surface area contributed by atoms with E-state index in [4.69, 9.17) is 0 Å². The van der Waals surface area contributed by atoms with Gasteiger partial charge in [-0.2, -0.15) is 0 Å². The molecule has 0 aromatic heterocycles. The first-order valence-corrected chi connectivity index (χ1v) is 7.42. The number of halogens is 1. The summed E-state index contributed by atoms with van der Waals surface area (Å²) in [6.45, 7) is 3.45. The summed E-state index contributed by atoms with van der Waals surface area (Å²) in [7, 11) is 0. The lowest BCUT2D eigenvalue weighted by molar-refractivity contribution is 0.0845. The monoisotopic (exact) mass is 321 g/mol. The molecule has 1 fully saturated rings. The molecule has 0 atom stereocenters. The molecule has 100 valence electrons. The van der Waals surface area contributed by atoms with Gasteiger partial charge >= 0.3 is 0 Å². The lowest BCUT2D eigenvalue weighted by atomic mass is 10.2. The number of aliphatic imine (C=N–C) groups is 1. The molecule has 2 heterocycles. The van der Waals surface area contributed by atoms with Crippen molar-refractivity contribution in [2.45, 2.75) is 12.8 Å². The van der Waals surface area contributed by atoms with Crippen LogP contribution in [-0.4, -0.2) is 47.8 Å². The Hall–Kier alpha value is -1.36. The van der Waals surface area contributed by atoms with Gasteiger partial charge in [0.05, 0.1) is 6.54 Å². The average Bonchev–Trinajstić information content (AvgIpc) is 3.09. The smallest absolute Gasteiger partial charge is 0.260 e. The van der Waals surface area contributed by atoms with E-state index in [1.807, 2.05) is 29.2 Å². The number of carbonyl (C=O) groups is 1. The summed E-state index contributed by atoms with van der Waals surface area (Å²) >= 11 is 3.39. The van der Waals surface area contributed by atoms with Gasteiger partial charge < -0.3 is 4.90 Å². The molecule has 3 rings (SSSR count). The van der Waals surface area contributed by atoms with Gasteiger partial charge in [-0.1, -0.05) is 15.9 Å². The molecule has 0 bridgehead atoms. The first kappa shape index (κ1) is 12.7. The number of nitrogens with zero attached hydrogens (tertiary/aromatic N) is 3. The minimum atomic E-state index is 0.0515. The first-order valence-electron chi connectivity index (χ1n) is 6.62. The standard InChI is InChI=1S/C14H16BrN3O/c15-12-5-3-11(4-6-12)13(19)18-10-7-16-14(18)17-8-1-2-9-17/h3-6H,1-2,7-10H2. The Morgan fingerprint density at radius 1 is 1.11 bits per heavy atom. The number of likely N-dealkylation sites (tertiary alicyclic amines) is 1. The third kappa shape index (κ3) is 2.52. The van der Waals surface area contributed by atoms with Gasteiger partial charge in [-0.05, 0) is 37.1 Å². The molecule has 4 nitrogen and oxygen atoms in total. The molecule has 0 N–H and O–H groups in total. The van der Waals surface area contributed by atoms with Crippen molar-refractivity contribution in [2.24, 2.45) is 4.99 Å². The summed E-state index contributed by atoms with van der Waals surface area (Å²) in [5.74, 6) is 0.918. The Bertz CT molecular complexity index is 506. The van der Waals surface area contributed by atoms with E-state index in [0.717, 1.165) is 29.1 Å². The summed E-state index contributed by atoms with van der Waals surface area (Å²) in [4.78, 5) is 21.1. The molecule has 0 radical (unpaired) electrons. The quantitative estimate of drug-likeness (QED) is 0.796. The predicted molar refractivity (Wildman–Crippen MR) is 78.3 cm³/mol. The fourth-order valence-electron chi connectivity index (χ4n) is 2.56. The maximum Gasteiger partial charge on any atom is 0.260 e. The second kappa shape index (κ2) is 5.33. The van der Waals surface area contributed by atoms with Crippen molar-refractivity contribution in [3.05, 3.63) is 34.3 Å². The van der Waals surface area contributed by atoms with Crippen LogP contribution in [0.1, 0.15) is 23.2 Å². The van der Waals surface area contributed by atoms with Crippen molar-refractivity contribution >= 4 is 27.8 Å². The second-order valence-corrected chi connectivity index (χ2v) is 5.76. The summed E-state index contributed by atoms with van der Waals surface area (Å²) in [5.41, 5.74) is 0.719. The minimum Gasteiger partial charge on any atom is -0.342 e. The van der Waals surface area contributed by atoms with Gasteiger partial charge in [0.25, 0.3) is 5.91 Å². The molecule has 0 aliphatic carbocycles. The molecule has 1 saturated heterocycles. The fourth-order valence-corrected chi connectivity index (χ4v) is 2.83. The number of hydrogen-bond donors (Lipinski definition) is 0. The summed E-state index contributed by atoms with van der Waals surface area (Å²) in [6.07, 6.45) is 2.39. The van der Waals surface area contributed by atoms with Crippen LogP contribution in [-0.2, 0) is 0 Å². The molecule has 0 spiro atoms. The number of benzene rings is 1. The van der Waals surface area contributed by atoms with Crippen LogP contribution in [0.25, 0.3) is 0 Å². The Morgan fingerprint density at radius 3 is 2.47 bits per heavy atom. The van der Waals surface area contributed by atoms with Crippen molar-refractivity contribution < 1.29 is 4.79 Å². The highest BCUT2D eigenvalue weighted by Gasteiger charge is 2.29. The predicted octanol–water partition coefficient (Wildman–Crippen LogP) is 2.36. The topological polar surface area (TPSA) is 35.9 Å². The van der Waals surface area contributed by atoms with E-state index in [1.54, 1.807) is 0 Å². The van der Waals surface area contributed by atoms with Crippen molar-refractivity contribution in [1.82, 2.24) is 9.80 Å². The Kier molecular flexibility index (Phi) is 3.55. The van der Waals surface area contributed by atoms with Crippen molar-refractivity contribution in [3.8, 4) is 0 Å². The third-order valence-corrected chi connectivity index (χ3v) is 4.07. The molecule has 1 aromatic carbocycles. The molecule has 1 amide bonds. The normalized spacial score (nSPS) is 18.9. The zero-order chi connectivity index (χ0) is 13.2. The number of hydrogen-bond acceptors (Lipinski definition) is 3. The number of amides is 1. The summed E-state index contributed by atoms with van der Waals surface area (Å²) in [5, 5.41) is 0.